The molecule has 128 valence electrons. The molecule has 1 aromatic carbocycles. The van der Waals surface area contributed by atoms with Crippen molar-refractivity contribution in [3.05, 3.63) is 35.6 Å². The lowest BCUT2D eigenvalue weighted by Gasteiger charge is -2.33. The summed E-state index contributed by atoms with van der Waals surface area (Å²) in [6.07, 6.45) is 2.36. The number of nitrogens with one attached hydrogen (secondary N) is 1. The van der Waals surface area contributed by atoms with Gasteiger partial charge in [0.25, 0.3) is 0 Å². The molecule has 0 saturated carbocycles. The van der Waals surface area contributed by atoms with Crippen LogP contribution in [0.2, 0.25) is 0 Å². The van der Waals surface area contributed by atoms with Crippen LogP contribution in [0.25, 0.3) is 0 Å². The number of likely N-dealkylation sites (tertiary alicyclic amines) is 1. The summed E-state index contributed by atoms with van der Waals surface area (Å²) in [4.78, 5) is 4.89. The second-order valence-electron chi connectivity index (χ2n) is 6.59. The van der Waals surface area contributed by atoms with E-state index in [1.807, 2.05) is 6.07 Å². The third-order valence-electron chi connectivity index (χ3n) is 4.85. The van der Waals surface area contributed by atoms with E-state index < -0.39 is 0 Å². The fraction of sp³-hybridized carbons (Fsp3) is 0.667. The lowest BCUT2D eigenvalue weighted by molar-refractivity contribution is 0.0378. The van der Waals surface area contributed by atoms with Crippen LogP contribution in [-0.2, 0) is 11.3 Å². The molecule has 0 amide bonds. The molecule has 0 aromatic heterocycles. The summed E-state index contributed by atoms with van der Waals surface area (Å²) in [6, 6.07) is 7.58. The van der Waals surface area contributed by atoms with Crippen molar-refractivity contribution < 1.29 is 9.13 Å². The minimum absolute atomic E-state index is 0.137. The minimum Gasteiger partial charge on any atom is -0.379 e. The maximum absolute atomic E-state index is 13.2. The molecule has 0 spiro atoms. The Morgan fingerprint density at radius 1 is 1.09 bits per heavy atom. The third-order valence-corrected chi connectivity index (χ3v) is 4.85. The molecule has 23 heavy (non-hydrogen) atoms. The summed E-state index contributed by atoms with van der Waals surface area (Å²) >= 11 is 0. The zero-order chi connectivity index (χ0) is 15.9. The summed E-state index contributed by atoms with van der Waals surface area (Å²) < 4.78 is 18.6. The highest BCUT2D eigenvalue weighted by atomic mass is 19.1. The van der Waals surface area contributed by atoms with Gasteiger partial charge in [-0.2, -0.15) is 0 Å². The van der Waals surface area contributed by atoms with Crippen molar-refractivity contribution in [2.45, 2.75) is 25.4 Å². The number of benzene rings is 1. The van der Waals surface area contributed by atoms with Crippen molar-refractivity contribution in [1.29, 1.82) is 0 Å². The van der Waals surface area contributed by atoms with E-state index in [-0.39, 0.29) is 5.82 Å². The Labute approximate surface area is 138 Å². The van der Waals surface area contributed by atoms with Crippen molar-refractivity contribution in [2.75, 3.05) is 52.5 Å². The topological polar surface area (TPSA) is 27.7 Å². The molecule has 2 heterocycles. The Morgan fingerprint density at radius 3 is 2.61 bits per heavy atom. The average Bonchev–Trinajstić information content (AvgIpc) is 2.58. The molecular formula is C18H28FN3O. The van der Waals surface area contributed by atoms with Crippen LogP contribution < -0.4 is 5.32 Å². The van der Waals surface area contributed by atoms with Crippen LogP contribution in [0, 0.1) is 5.82 Å². The Bertz CT molecular complexity index is 471. The first-order valence-electron chi connectivity index (χ1n) is 8.80. The Balaban J connectivity index is 1.32. The molecule has 3 rings (SSSR count). The van der Waals surface area contributed by atoms with Gasteiger partial charge in [0.2, 0.25) is 0 Å². The molecule has 2 fully saturated rings. The van der Waals surface area contributed by atoms with Crippen LogP contribution in [0.5, 0.6) is 0 Å². The van der Waals surface area contributed by atoms with E-state index >= 15 is 0 Å². The van der Waals surface area contributed by atoms with Gasteiger partial charge in [0, 0.05) is 38.8 Å². The number of ether oxygens (including phenoxy) is 1. The average molecular weight is 321 g/mol. The number of hydrogen-bond acceptors (Lipinski definition) is 4. The Kier molecular flexibility index (Phi) is 6.39. The number of nitrogens with zero attached hydrogens (tertiary/aromatic N) is 2. The standard InChI is InChI=1S/C18H28FN3O/c19-17-3-1-2-16(14-17)15-22-7-4-18(5-8-22)20-6-9-21-10-12-23-13-11-21/h1-3,14,18,20H,4-13,15H2. The molecule has 4 nitrogen and oxygen atoms in total. The molecule has 0 unspecified atom stereocenters. The molecule has 0 atom stereocenters. The number of morpholine rings is 1. The van der Waals surface area contributed by atoms with Crippen LogP contribution in [0.3, 0.4) is 0 Å². The minimum atomic E-state index is -0.137. The Morgan fingerprint density at radius 2 is 1.87 bits per heavy atom. The van der Waals surface area contributed by atoms with Crippen molar-refractivity contribution in [3.63, 3.8) is 0 Å². The summed E-state index contributed by atoms with van der Waals surface area (Å²) in [6.45, 7) is 9.09. The quantitative estimate of drug-likeness (QED) is 0.863. The molecule has 2 saturated heterocycles. The fourth-order valence-electron chi connectivity index (χ4n) is 3.44. The van der Waals surface area contributed by atoms with Crippen LogP contribution >= 0.6 is 0 Å². The van der Waals surface area contributed by atoms with Gasteiger partial charge < -0.3 is 10.1 Å². The highest BCUT2D eigenvalue weighted by Gasteiger charge is 2.19. The van der Waals surface area contributed by atoms with Gasteiger partial charge in [-0.15, -0.1) is 0 Å². The van der Waals surface area contributed by atoms with Gasteiger partial charge in [-0.05, 0) is 43.6 Å². The predicted octanol–water partition coefficient (Wildman–Crippen LogP) is 1.71. The van der Waals surface area contributed by atoms with Gasteiger partial charge >= 0.3 is 0 Å². The third kappa shape index (κ3) is 5.53. The zero-order valence-corrected chi connectivity index (χ0v) is 13.8. The van der Waals surface area contributed by atoms with Gasteiger partial charge in [-0.3, -0.25) is 9.80 Å². The zero-order valence-electron chi connectivity index (χ0n) is 13.8. The SMILES string of the molecule is Fc1cccc(CN2CCC(NCCN3CCOCC3)CC2)c1. The predicted molar refractivity (Wildman–Crippen MR) is 90.0 cm³/mol. The smallest absolute Gasteiger partial charge is 0.123 e. The van der Waals surface area contributed by atoms with E-state index in [9.17, 15) is 4.39 Å². The van der Waals surface area contributed by atoms with Crippen molar-refractivity contribution in [2.24, 2.45) is 0 Å². The molecule has 0 radical (unpaired) electrons. The number of rotatable bonds is 6. The normalized spacial score (nSPS) is 21.6. The molecule has 0 bridgehead atoms. The van der Waals surface area contributed by atoms with E-state index in [0.29, 0.717) is 6.04 Å². The molecule has 1 N–H and O–H groups in total. The molecule has 2 aliphatic heterocycles. The lowest BCUT2D eigenvalue weighted by Crippen LogP contribution is -2.46. The molecular weight excluding hydrogens is 293 g/mol. The summed E-state index contributed by atoms with van der Waals surface area (Å²) in [5.41, 5.74) is 1.07. The van der Waals surface area contributed by atoms with Gasteiger partial charge in [-0.1, -0.05) is 12.1 Å². The molecule has 2 aliphatic rings. The second-order valence-corrected chi connectivity index (χ2v) is 6.59. The highest BCUT2D eigenvalue weighted by molar-refractivity contribution is 5.16. The van der Waals surface area contributed by atoms with Crippen molar-refractivity contribution in [1.82, 2.24) is 15.1 Å². The van der Waals surface area contributed by atoms with Crippen LogP contribution in [0.4, 0.5) is 4.39 Å². The van der Waals surface area contributed by atoms with Crippen LogP contribution in [0.15, 0.2) is 24.3 Å². The largest absolute Gasteiger partial charge is 0.379 e. The van der Waals surface area contributed by atoms with Crippen molar-refractivity contribution >= 4 is 0 Å². The van der Waals surface area contributed by atoms with E-state index in [4.69, 9.17) is 4.74 Å². The highest BCUT2D eigenvalue weighted by Crippen LogP contribution is 2.14. The molecule has 0 aliphatic carbocycles. The number of halogens is 1. The summed E-state index contributed by atoms with van der Waals surface area (Å²) in [5.74, 6) is -0.137. The second kappa shape index (κ2) is 8.73. The fourth-order valence-corrected chi connectivity index (χ4v) is 3.44. The first kappa shape index (κ1) is 16.8. The molecule has 1 aromatic rings. The number of piperidine rings is 1. The van der Waals surface area contributed by atoms with Crippen molar-refractivity contribution in [3.8, 4) is 0 Å². The van der Waals surface area contributed by atoms with E-state index in [1.165, 1.54) is 18.9 Å². The van der Waals surface area contributed by atoms with E-state index in [1.54, 1.807) is 12.1 Å². The van der Waals surface area contributed by atoms with Gasteiger partial charge in [0.1, 0.15) is 5.82 Å². The van der Waals surface area contributed by atoms with Crippen LogP contribution in [-0.4, -0.2) is 68.3 Å². The van der Waals surface area contributed by atoms with E-state index in [2.05, 4.69) is 15.1 Å². The summed E-state index contributed by atoms with van der Waals surface area (Å²) in [7, 11) is 0. The maximum atomic E-state index is 13.2. The van der Waals surface area contributed by atoms with Gasteiger partial charge in [-0.25, -0.2) is 4.39 Å². The number of hydrogen-bond donors (Lipinski definition) is 1. The first-order valence-corrected chi connectivity index (χ1v) is 8.80. The molecule has 5 heteroatoms. The van der Waals surface area contributed by atoms with E-state index in [0.717, 1.165) is 64.6 Å². The first-order chi connectivity index (χ1) is 11.3. The Hall–Kier alpha value is -1.01. The maximum Gasteiger partial charge on any atom is 0.123 e. The summed E-state index contributed by atoms with van der Waals surface area (Å²) in [5, 5.41) is 3.69. The van der Waals surface area contributed by atoms with Gasteiger partial charge in [0.15, 0.2) is 0 Å². The van der Waals surface area contributed by atoms with Gasteiger partial charge in [0.05, 0.1) is 13.2 Å². The monoisotopic (exact) mass is 321 g/mol. The lowest BCUT2D eigenvalue weighted by atomic mass is 10.0. The van der Waals surface area contributed by atoms with Crippen LogP contribution in [0.1, 0.15) is 18.4 Å².